The lowest BCUT2D eigenvalue weighted by Crippen LogP contribution is -2.15. The van der Waals surface area contributed by atoms with E-state index < -0.39 is 5.92 Å². The van der Waals surface area contributed by atoms with Gasteiger partial charge in [0, 0.05) is 32.1 Å². The molecule has 0 saturated heterocycles. The standard InChI is InChI=1S/C23H17BrCl2N2O3/c24-15-6-8-23(31-13-14-5-7-20(25)21(26)9-14)17(10-15)19(12-28(29)30)18-11-27-22-4-2-1-3-16(18)22/h1-11,19,27H,12-13H2/t19-/m1/s1. The summed E-state index contributed by atoms with van der Waals surface area (Å²) >= 11 is 15.6. The predicted octanol–water partition coefficient (Wildman–Crippen LogP) is 7.22. The molecule has 0 unspecified atom stereocenters. The minimum Gasteiger partial charge on any atom is -0.489 e. The molecule has 0 saturated carbocycles. The van der Waals surface area contributed by atoms with Crippen molar-refractivity contribution in [3.63, 3.8) is 0 Å². The Balaban J connectivity index is 1.73. The summed E-state index contributed by atoms with van der Waals surface area (Å²) in [5.74, 6) is 0.0823. The van der Waals surface area contributed by atoms with Gasteiger partial charge in [-0.05, 0) is 47.5 Å². The average molecular weight is 520 g/mol. The molecule has 5 nitrogen and oxygen atoms in total. The Morgan fingerprint density at radius 1 is 1.03 bits per heavy atom. The van der Waals surface area contributed by atoms with Gasteiger partial charge in [-0.25, -0.2) is 0 Å². The van der Waals surface area contributed by atoms with Gasteiger partial charge in [0.05, 0.1) is 16.0 Å². The molecule has 4 rings (SSSR count). The number of para-hydroxylation sites is 1. The van der Waals surface area contributed by atoms with Crippen LogP contribution in [0.4, 0.5) is 0 Å². The van der Waals surface area contributed by atoms with Gasteiger partial charge in [0.2, 0.25) is 6.54 Å². The summed E-state index contributed by atoms with van der Waals surface area (Å²) in [6.07, 6.45) is 1.84. The van der Waals surface area contributed by atoms with E-state index in [1.807, 2.05) is 54.7 Å². The Kier molecular flexibility index (Phi) is 6.51. The van der Waals surface area contributed by atoms with E-state index in [1.165, 1.54) is 0 Å². The normalized spacial score (nSPS) is 12.1. The van der Waals surface area contributed by atoms with Gasteiger partial charge in [0.1, 0.15) is 12.4 Å². The van der Waals surface area contributed by atoms with E-state index >= 15 is 0 Å². The van der Waals surface area contributed by atoms with Gasteiger partial charge >= 0.3 is 0 Å². The molecular weight excluding hydrogens is 503 g/mol. The van der Waals surface area contributed by atoms with E-state index in [9.17, 15) is 10.1 Å². The van der Waals surface area contributed by atoms with Crippen molar-refractivity contribution in [1.29, 1.82) is 0 Å². The molecule has 0 aliphatic carbocycles. The van der Waals surface area contributed by atoms with Gasteiger partial charge in [0.25, 0.3) is 0 Å². The fourth-order valence-corrected chi connectivity index (χ4v) is 4.31. The van der Waals surface area contributed by atoms with Crippen molar-refractivity contribution >= 4 is 50.0 Å². The average Bonchev–Trinajstić information content (AvgIpc) is 3.17. The van der Waals surface area contributed by atoms with E-state index in [1.54, 1.807) is 12.1 Å². The molecule has 0 bridgehead atoms. The third kappa shape index (κ3) is 4.87. The summed E-state index contributed by atoms with van der Waals surface area (Å²) < 4.78 is 6.91. The number of nitrogens with one attached hydrogen (secondary N) is 1. The molecule has 1 aromatic heterocycles. The molecule has 1 atom stereocenters. The highest BCUT2D eigenvalue weighted by atomic mass is 79.9. The van der Waals surface area contributed by atoms with Gasteiger partial charge in [0.15, 0.2) is 0 Å². The number of rotatable bonds is 7. The summed E-state index contributed by atoms with van der Waals surface area (Å²) in [7, 11) is 0. The van der Waals surface area contributed by atoms with Gasteiger partial charge in [-0.3, -0.25) is 10.1 Å². The third-order valence-corrected chi connectivity index (χ3v) is 6.29. The minimum atomic E-state index is -0.493. The Morgan fingerprint density at radius 2 is 1.84 bits per heavy atom. The van der Waals surface area contributed by atoms with Crippen molar-refractivity contribution in [2.45, 2.75) is 12.5 Å². The molecule has 1 N–H and O–H groups in total. The van der Waals surface area contributed by atoms with Crippen molar-refractivity contribution in [2.75, 3.05) is 6.54 Å². The van der Waals surface area contributed by atoms with Crippen molar-refractivity contribution in [2.24, 2.45) is 0 Å². The molecule has 1 heterocycles. The summed E-state index contributed by atoms with van der Waals surface area (Å²) in [6.45, 7) is -0.00791. The second-order valence-electron chi connectivity index (χ2n) is 7.08. The molecule has 158 valence electrons. The number of nitrogens with zero attached hydrogens (tertiary/aromatic N) is 1. The number of benzene rings is 3. The van der Waals surface area contributed by atoms with Gasteiger partial charge in [-0.15, -0.1) is 0 Å². The first kappa shape index (κ1) is 21.7. The van der Waals surface area contributed by atoms with Crippen molar-refractivity contribution in [3.05, 3.63) is 108 Å². The van der Waals surface area contributed by atoms with Crippen molar-refractivity contribution < 1.29 is 9.66 Å². The number of halogens is 3. The molecule has 0 amide bonds. The topological polar surface area (TPSA) is 68.2 Å². The van der Waals surface area contributed by atoms with E-state index in [4.69, 9.17) is 27.9 Å². The van der Waals surface area contributed by atoms with E-state index in [0.29, 0.717) is 15.8 Å². The van der Waals surface area contributed by atoms with Gasteiger partial charge < -0.3 is 9.72 Å². The fraction of sp³-hybridized carbons (Fsp3) is 0.130. The van der Waals surface area contributed by atoms with Crippen molar-refractivity contribution in [1.82, 2.24) is 4.98 Å². The summed E-state index contributed by atoms with van der Waals surface area (Å²) in [5.41, 5.74) is 3.36. The van der Waals surface area contributed by atoms with Crippen LogP contribution >= 0.6 is 39.1 Å². The number of hydrogen-bond donors (Lipinski definition) is 1. The number of fused-ring (bicyclic) bond motifs is 1. The number of aromatic amines is 1. The molecule has 3 aromatic carbocycles. The first-order valence-electron chi connectivity index (χ1n) is 9.46. The number of H-pyrrole nitrogens is 1. The van der Waals surface area contributed by atoms with Crippen LogP contribution in [0.1, 0.15) is 22.6 Å². The summed E-state index contributed by atoms with van der Waals surface area (Å²) in [5, 5.41) is 13.4. The lowest BCUT2D eigenvalue weighted by molar-refractivity contribution is -0.481. The molecule has 0 aliphatic rings. The first-order valence-corrected chi connectivity index (χ1v) is 11.0. The highest BCUT2D eigenvalue weighted by Crippen LogP contribution is 2.38. The van der Waals surface area contributed by atoms with Crippen LogP contribution in [0.3, 0.4) is 0 Å². The van der Waals surface area contributed by atoms with E-state index in [0.717, 1.165) is 32.1 Å². The lowest BCUT2D eigenvalue weighted by Gasteiger charge is -2.18. The number of aromatic nitrogens is 1. The lowest BCUT2D eigenvalue weighted by atomic mass is 9.90. The zero-order chi connectivity index (χ0) is 22.0. The fourth-order valence-electron chi connectivity index (χ4n) is 3.61. The van der Waals surface area contributed by atoms with Crippen LogP contribution in [-0.4, -0.2) is 16.5 Å². The Hall–Kier alpha value is -2.54. The zero-order valence-corrected chi connectivity index (χ0v) is 19.2. The van der Waals surface area contributed by atoms with E-state index in [-0.39, 0.29) is 18.1 Å². The second-order valence-corrected chi connectivity index (χ2v) is 8.81. The molecule has 0 fully saturated rings. The predicted molar refractivity (Wildman–Crippen MR) is 127 cm³/mol. The Bertz CT molecular complexity index is 1260. The van der Waals surface area contributed by atoms with Gasteiger partial charge in [-0.1, -0.05) is 63.4 Å². The van der Waals surface area contributed by atoms with Crippen LogP contribution in [0.2, 0.25) is 10.0 Å². The minimum absolute atomic E-state index is 0.255. The van der Waals surface area contributed by atoms with Crippen molar-refractivity contribution in [3.8, 4) is 5.75 Å². The van der Waals surface area contributed by atoms with Crippen LogP contribution in [-0.2, 0) is 6.61 Å². The molecular formula is C23H17BrCl2N2O3. The van der Waals surface area contributed by atoms with E-state index in [2.05, 4.69) is 20.9 Å². The molecule has 4 aromatic rings. The molecule has 0 aliphatic heterocycles. The Labute approximate surface area is 197 Å². The first-order chi connectivity index (χ1) is 14.9. The SMILES string of the molecule is O=[N+]([O-])C[C@H](c1cc(Br)ccc1OCc1ccc(Cl)c(Cl)c1)c1c[nH]c2ccccc12. The van der Waals surface area contributed by atoms with Crippen LogP contribution < -0.4 is 4.74 Å². The van der Waals surface area contributed by atoms with Crippen LogP contribution in [0, 0.1) is 10.1 Å². The monoisotopic (exact) mass is 518 g/mol. The Morgan fingerprint density at radius 3 is 2.61 bits per heavy atom. The largest absolute Gasteiger partial charge is 0.489 e. The van der Waals surface area contributed by atoms with Gasteiger partial charge in [-0.2, -0.15) is 0 Å². The van der Waals surface area contributed by atoms with Crippen LogP contribution in [0.15, 0.2) is 71.3 Å². The number of nitro groups is 1. The maximum Gasteiger partial charge on any atom is 0.214 e. The smallest absolute Gasteiger partial charge is 0.214 e. The summed E-state index contributed by atoms with van der Waals surface area (Å²) in [6, 6.07) is 18.6. The van der Waals surface area contributed by atoms with Crippen LogP contribution in [0.25, 0.3) is 10.9 Å². The summed E-state index contributed by atoms with van der Waals surface area (Å²) in [4.78, 5) is 14.5. The highest BCUT2D eigenvalue weighted by Gasteiger charge is 2.26. The molecule has 31 heavy (non-hydrogen) atoms. The number of ether oxygens (including phenoxy) is 1. The molecule has 0 radical (unpaired) electrons. The van der Waals surface area contributed by atoms with Crippen LogP contribution in [0.5, 0.6) is 5.75 Å². The second kappa shape index (κ2) is 9.30. The highest BCUT2D eigenvalue weighted by molar-refractivity contribution is 9.10. The zero-order valence-electron chi connectivity index (χ0n) is 16.1. The quantitative estimate of drug-likeness (QED) is 0.207. The molecule has 8 heteroatoms. The maximum atomic E-state index is 11.6. The number of hydrogen-bond acceptors (Lipinski definition) is 3. The maximum absolute atomic E-state index is 11.6. The third-order valence-electron chi connectivity index (χ3n) is 5.05. The molecule has 0 spiro atoms.